The Labute approximate surface area is 174 Å². The Morgan fingerprint density at radius 3 is 2.03 bits per heavy atom. The maximum atomic E-state index is 12.9. The Morgan fingerprint density at radius 2 is 1.47 bits per heavy atom. The normalized spacial score (nSPS) is 13.2. The van der Waals surface area contributed by atoms with Gasteiger partial charge in [0.15, 0.2) is 0 Å². The summed E-state index contributed by atoms with van der Waals surface area (Å²) in [4.78, 5) is 0.115. The number of aryl methyl sites for hydroxylation is 2. The Hall–Kier alpha value is -2.64. The van der Waals surface area contributed by atoms with Gasteiger partial charge in [-0.1, -0.05) is 60.2 Å². The summed E-state index contributed by atoms with van der Waals surface area (Å²) in [5.41, 5.74) is 1.66. The van der Waals surface area contributed by atoms with Crippen molar-refractivity contribution in [3.63, 3.8) is 0 Å². The molecule has 3 rings (SSSR count). The Morgan fingerprint density at radius 1 is 0.867 bits per heavy atom. The maximum Gasteiger partial charge on any atom is 0.416 e. The van der Waals surface area contributed by atoms with Crippen molar-refractivity contribution in [2.24, 2.45) is 0 Å². The van der Waals surface area contributed by atoms with Crippen LogP contribution in [0.15, 0.2) is 83.8 Å². The highest BCUT2D eigenvalue weighted by Crippen LogP contribution is 2.31. The molecule has 0 saturated heterocycles. The molecule has 0 heterocycles. The molecule has 3 nitrogen and oxygen atoms in total. The van der Waals surface area contributed by atoms with Crippen LogP contribution in [0.3, 0.4) is 0 Å². The largest absolute Gasteiger partial charge is 0.416 e. The molecule has 0 fully saturated rings. The highest BCUT2D eigenvalue weighted by Gasteiger charge is 2.30. The Bertz CT molecular complexity index is 1060. The highest BCUT2D eigenvalue weighted by molar-refractivity contribution is 7.89. The van der Waals surface area contributed by atoms with Crippen LogP contribution in [0.1, 0.15) is 34.7 Å². The van der Waals surface area contributed by atoms with Gasteiger partial charge in [0, 0.05) is 6.04 Å². The fourth-order valence-electron chi connectivity index (χ4n) is 3.13. The van der Waals surface area contributed by atoms with Gasteiger partial charge in [0.2, 0.25) is 10.0 Å². The van der Waals surface area contributed by atoms with Gasteiger partial charge in [-0.3, -0.25) is 0 Å². The van der Waals surface area contributed by atoms with Crippen LogP contribution in [0.2, 0.25) is 0 Å². The van der Waals surface area contributed by atoms with Gasteiger partial charge in [-0.2, -0.15) is 13.2 Å². The first-order valence-corrected chi connectivity index (χ1v) is 10.9. The lowest BCUT2D eigenvalue weighted by molar-refractivity contribution is -0.137. The molecule has 1 N–H and O–H groups in total. The number of halogens is 3. The van der Waals surface area contributed by atoms with Gasteiger partial charge in [0.05, 0.1) is 10.5 Å². The minimum Gasteiger partial charge on any atom is -0.207 e. The molecule has 30 heavy (non-hydrogen) atoms. The lowest BCUT2D eigenvalue weighted by Crippen LogP contribution is -2.29. The summed E-state index contributed by atoms with van der Waals surface area (Å²) in [6, 6.07) is 19.9. The van der Waals surface area contributed by atoms with Crippen LogP contribution in [-0.4, -0.2) is 8.42 Å². The van der Waals surface area contributed by atoms with Gasteiger partial charge in [0.1, 0.15) is 0 Å². The SMILES string of the molecule is Cc1ccc(S(=O)(=O)N[C@H](CCc2ccccc2)c2ccc(C(F)(F)F)cc2)cc1. The molecule has 0 bridgehead atoms. The lowest BCUT2D eigenvalue weighted by atomic mass is 9.99. The van der Waals surface area contributed by atoms with E-state index < -0.39 is 27.8 Å². The van der Waals surface area contributed by atoms with Crippen LogP contribution in [0.25, 0.3) is 0 Å². The van der Waals surface area contributed by atoms with E-state index in [4.69, 9.17) is 0 Å². The minimum absolute atomic E-state index is 0.115. The third-order valence-electron chi connectivity index (χ3n) is 4.83. The lowest BCUT2D eigenvalue weighted by Gasteiger charge is -2.20. The first kappa shape index (κ1) is 22.1. The number of benzene rings is 3. The van der Waals surface area contributed by atoms with Crippen LogP contribution in [-0.2, 0) is 22.6 Å². The molecule has 0 aliphatic rings. The minimum atomic E-state index is -4.44. The number of hydrogen-bond acceptors (Lipinski definition) is 2. The maximum absolute atomic E-state index is 12.9. The van der Waals surface area contributed by atoms with Crippen LogP contribution in [0.4, 0.5) is 13.2 Å². The fraction of sp³-hybridized carbons (Fsp3) is 0.217. The van der Waals surface area contributed by atoms with Crippen molar-refractivity contribution < 1.29 is 21.6 Å². The Kier molecular flexibility index (Phi) is 6.63. The summed E-state index contributed by atoms with van der Waals surface area (Å²) >= 11 is 0. The van der Waals surface area contributed by atoms with Crippen molar-refractivity contribution in [3.8, 4) is 0 Å². The summed E-state index contributed by atoms with van der Waals surface area (Å²) < 4.78 is 67.1. The van der Waals surface area contributed by atoms with E-state index in [-0.39, 0.29) is 4.90 Å². The number of hydrogen-bond donors (Lipinski definition) is 1. The van der Waals surface area contributed by atoms with Gasteiger partial charge < -0.3 is 0 Å². The number of rotatable bonds is 7. The van der Waals surface area contributed by atoms with E-state index in [1.165, 1.54) is 24.3 Å². The van der Waals surface area contributed by atoms with Crippen molar-refractivity contribution in [1.29, 1.82) is 0 Å². The third-order valence-corrected chi connectivity index (χ3v) is 6.32. The van der Waals surface area contributed by atoms with Gasteiger partial charge in [-0.05, 0) is 55.2 Å². The zero-order valence-corrected chi connectivity index (χ0v) is 17.2. The van der Waals surface area contributed by atoms with E-state index in [1.54, 1.807) is 12.1 Å². The molecule has 0 aliphatic heterocycles. The van der Waals surface area contributed by atoms with Crippen LogP contribution in [0, 0.1) is 6.92 Å². The van der Waals surface area contributed by atoms with Crippen molar-refractivity contribution in [1.82, 2.24) is 4.72 Å². The molecule has 0 aromatic heterocycles. The van der Waals surface area contributed by atoms with E-state index in [0.717, 1.165) is 23.3 Å². The molecule has 3 aromatic carbocycles. The number of alkyl halides is 3. The van der Waals surface area contributed by atoms with Crippen LogP contribution in [0.5, 0.6) is 0 Å². The van der Waals surface area contributed by atoms with E-state index in [0.29, 0.717) is 18.4 Å². The van der Waals surface area contributed by atoms with Crippen molar-refractivity contribution in [2.45, 2.75) is 36.9 Å². The molecule has 158 valence electrons. The predicted molar refractivity (Wildman–Crippen MR) is 110 cm³/mol. The average molecular weight is 433 g/mol. The topological polar surface area (TPSA) is 46.2 Å². The van der Waals surface area contributed by atoms with E-state index in [1.807, 2.05) is 37.3 Å². The Balaban J connectivity index is 1.87. The molecule has 3 aromatic rings. The third kappa shape index (κ3) is 5.70. The van der Waals surface area contributed by atoms with Crippen LogP contribution >= 0.6 is 0 Å². The molecular formula is C23H22F3NO2S. The van der Waals surface area contributed by atoms with E-state index in [2.05, 4.69) is 4.72 Å². The number of nitrogens with one attached hydrogen (secondary N) is 1. The monoisotopic (exact) mass is 433 g/mol. The summed E-state index contributed by atoms with van der Waals surface area (Å²) in [7, 11) is -3.84. The molecular weight excluding hydrogens is 411 g/mol. The summed E-state index contributed by atoms with van der Waals surface area (Å²) in [6.07, 6.45) is -3.47. The van der Waals surface area contributed by atoms with E-state index in [9.17, 15) is 21.6 Å². The first-order valence-electron chi connectivity index (χ1n) is 9.45. The molecule has 0 radical (unpaired) electrons. The molecule has 0 spiro atoms. The second-order valence-corrected chi connectivity index (χ2v) is 8.84. The molecule has 0 unspecified atom stereocenters. The van der Waals surface area contributed by atoms with Crippen LogP contribution < -0.4 is 4.72 Å². The van der Waals surface area contributed by atoms with Crippen molar-refractivity contribution >= 4 is 10.0 Å². The standard InChI is InChI=1S/C23H22F3NO2S/c1-17-7-14-21(15-8-17)30(28,29)27-22(16-9-18-5-3-2-4-6-18)19-10-12-20(13-11-19)23(24,25)26/h2-8,10-15,22,27H,9,16H2,1H3/t22-/m1/s1. The van der Waals surface area contributed by atoms with Gasteiger partial charge in [-0.15, -0.1) is 0 Å². The highest BCUT2D eigenvalue weighted by atomic mass is 32.2. The summed E-state index contributed by atoms with van der Waals surface area (Å²) in [5.74, 6) is 0. The molecule has 7 heteroatoms. The van der Waals surface area contributed by atoms with Gasteiger partial charge >= 0.3 is 6.18 Å². The first-order chi connectivity index (χ1) is 14.1. The zero-order valence-electron chi connectivity index (χ0n) is 16.4. The van der Waals surface area contributed by atoms with Crippen molar-refractivity contribution in [3.05, 3.63) is 101 Å². The molecule has 0 aliphatic carbocycles. The zero-order chi connectivity index (χ0) is 21.8. The smallest absolute Gasteiger partial charge is 0.207 e. The van der Waals surface area contributed by atoms with Gasteiger partial charge in [-0.25, -0.2) is 13.1 Å². The fourth-order valence-corrected chi connectivity index (χ4v) is 4.39. The quantitative estimate of drug-likeness (QED) is 0.522. The summed E-state index contributed by atoms with van der Waals surface area (Å²) in [5, 5.41) is 0. The molecule has 1 atom stereocenters. The number of sulfonamides is 1. The van der Waals surface area contributed by atoms with E-state index >= 15 is 0 Å². The van der Waals surface area contributed by atoms with Crippen molar-refractivity contribution in [2.75, 3.05) is 0 Å². The molecule has 0 saturated carbocycles. The predicted octanol–water partition coefficient (Wildman–Crippen LogP) is 5.67. The second-order valence-electron chi connectivity index (χ2n) is 7.13. The molecule has 0 amide bonds. The summed E-state index contributed by atoms with van der Waals surface area (Å²) in [6.45, 7) is 1.86. The average Bonchev–Trinajstić information content (AvgIpc) is 2.71. The van der Waals surface area contributed by atoms with Gasteiger partial charge in [0.25, 0.3) is 0 Å². The second kappa shape index (κ2) is 9.02.